The Labute approximate surface area is 80.3 Å². The summed E-state index contributed by atoms with van der Waals surface area (Å²) in [5.41, 5.74) is 0.858. The first-order chi connectivity index (χ1) is 6.13. The zero-order valence-corrected chi connectivity index (χ0v) is 8.67. The molecule has 1 unspecified atom stereocenters. The van der Waals surface area contributed by atoms with Gasteiger partial charge in [-0.25, -0.2) is 0 Å². The van der Waals surface area contributed by atoms with E-state index in [4.69, 9.17) is 4.74 Å². The molecule has 0 aliphatic carbocycles. The van der Waals surface area contributed by atoms with Gasteiger partial charge in [0.2, 0.25) is 0 Å². The fourth-order valence-corrected chi connectivity index (χ4v) is 1.01. The largest absolute Gasteiger partial charge is 0.466 e. The predicted octanol–water partition coefficient (Wildman–Crippen LogP) is 2.71. The van der Waals surface area contributed by atoms with Crippen LogP contribution in [0.5, 0.6) is 0 Å². The summed E-state index contributed by atoms with van der Waals surface area (Å²) in [5, 5.41) is 0. The summed E-state index contributed by atoms with van der Waals surface area (Å²) < 4.78 is 4.93. The Morgan fingerprint density at radius 2 is 2.23 bits per heavy atom. The van der Waals surface area contributed by atoms with Gasteiger partial charge in [0, 0.05) is 0 Å². The number of carbonyl (C=O) groups excluding carboxylic acids is 1. The molecule has 0 saturated heterocycles. The van der Waals surface area contributed by atoms with Gasteiger partial charge < -0.3 is 4.74 Å². The molecule has 0 saturated carbocycles. The minimum Gasteiger partial charge on any atom is -0.466 e. The third-order valence-electron chi connectivity index (χ3n) is 1.77. The van der Waals surface area contributed by atoms with Gasteiger partial charge in [0.1, 0.15) is 0 Å². The quantitative estimate of drug-likeness (QED) is 0.482. The Bertz CT molecular complexity index is 204. The van der Waals surface area contributed by atoms with Crippen LogP contribution in [0.25, 0.3) is 0 Å². The Morgan fingerprint density at radius 1 is 1.62 bits per heavy atom. The Hall–Kier alpha value is -1.05. The van der Waals surface area contributed by atoms with Crippen LogP contribution in [-0.4, -0.2) is 12.6 Å². The normalized spacial score (nSPS) is 12.8. The van der Waals surface area contributed by atoms with Crippen LogP contribution >= 0.6 is 0 Å². The first-order valence-electron chi connectivity index (χ1n) is 4.56. The number of carbonyl (C=O) groups is 1. The van der Waals surface area contributed by atoms with E-state index in [0.717, 1.165) is 5.57 Å². The summed E-state index contributed by atoms with van der Waals surface area (Å²) in [6, 6.07) is 0. The Morgan fingerprint density at radius 3 is 2.62 bits per heavy atom. The summed E-state index contributed by atoms with van der Waals surface area (Å²) in [5.74, 6) is -0.357. The SMILES string of the molecule is C=C(C)C(CC=CC)C(=O)OCC. The van der Waals surface area contributed by atoms with Crippen LogP contribution in [0, 0.1) is 5.92 Å². The summed E-state index contributed by atoms with van der Waals surface area (Å²) in [4.78, 5) is 11.4. The fraction of sp³-hybridized carbons (Fsp3) is 0.545. The van der Waals surface area contributed by atoms with Gasteiger partial charge in [-0.3, -0.25) is 4.79 Å². The zero-order valence-electron chi connectivity index (χ0n) is 8.67. The van der Waals surface area contributed by atoms with Crippen LogP contribution in [0.1, 0.15) is 27.2 Å². The maximum absolute atomic E-state index is 11.4. The molecule has 0 aromatic heterocycles. The standard InChI is InChI=1S/C11H18O2/c1-5-7-8-10(9(3)4)11(12)13-6-2/h5,7,10H,3,6,8H2,1-2,4H3. The van der Waals surface area contributed by atoms with E-state index < -0.39 is 0 Å². The first-order valence-corrected chi connectivity index (χ1v) is 4.56. The smallest absolute Gasteiger partial charge is 0.313 e. The molecule has 0 N–H and O–H groups in total. The first kappa shape index (κ1) is 11.9. The Kier molecular flexibility index (Phi) is 5.94. The lowest BCUT2D eigenvalue weighted by atomic mass is 9.98. The van der Waals surface area contributed by atoms with Gasteiger partial charge >= 0.3 is 5.97 Å². The second-order valence-corrected chi connectivity index (χ2v) is 2.96. The van der Waals surface area contributed by atoms with Crippen molar-refractivity contribution in [1.29, 1.82) is 0 Å². The van der Waals surface area contributed by atoms with Crippen LogP contribution in [0.3, 0.4) is 0 Å². The molecule has 0 bridgehead atoms. The molecule has 0 aliphatic heterocycles. The molecular formula is C11H18O2. The lowest BCUT2D eigenvalue weighted by molar-refractivity contribution is -0.146. The monoisotopic (exact) mass is 182 g/mol. The molecule has 0 rings (SSSR count). The number of hydrogen-bond donors (Lipinski definition) is 0. The van der Waals surface area contributed by atoms with Crippen LogP contribution in [-0.2, 0) is 9.53 Å². The highest BCUT2D eigenvalue weighted by Crippen LogP contribution is 2.15. The molecule has 0 radical (unpaired) electrons. The van der Waals surface area contributed by atoms with Crippen molar-refractivity contribution < 1.29 is 9.53 Å². The zero-order chi connectivity index (χ0) is 10.3. The number of rotatable bonds is 5. The highest BCUT2D eigenvalue weighted by Gasteiger charge is 2.18. The molecule has 0 amide bonds. The topological polar surface area (TPSA) is 26.3 Å². The van der Waals surface area contributed by atoms with Gasteiger partial charge in [-0.2, -0.15) is 0 Å². The molecule has 2 heteroatoms. The van der Waals surface area contributed by atoms with Gasteiger partial charge in [-0.15, -0.1) is 0 Å². The van der Waals surface area contributed by atoms with E-state index in [9.17, 15) is 4.79 Å². The molecule has 0 spiro atoms. The molecular weight excluding hydrogens is 164 g/mol. The molecule has 13 heavy (non-hydrogen) atoms. The molecule has 1 atom stereocenters. The summed E-state index contributed by atoms with van der Waals surface area (Å²) in [6.07, 6.45) is 4.57. The van der Waals surface area contributed by atoms with Gasteiger partial charge in [-0.05, 0) is 27.2 Å². The van der Waals surface area contributed by atoms with Crippen molar-refractivity contribution in [3.8, 4) is 0 Å². The van der Waals surface area contributed by atoms with Gasteiger partial charge in [0.15, 0.2) is 0 Å². The fourth-order valence-electron chi connectivity index (χ4n) is 1.01. The van der Waals surface area contributed by atoms with Crippen molar-refractivity contribution in [2.75, 3.05) is 6.61 Å². The van der Waals surface area contributed by atoms with Crippen LogP contribution in [0.4, 0.5) is 0 Å². The lowest BCUT2D eigenvalue weighted by Gasteiger charge is -2.12. The minimum absolute atomic E-state index is 0.173. The number of ether oxygens (including phenoxy) is 1. The third-order valence-corrected chi connectivity index (χ3v) is 1.77. The van der Waals surface area contributed by atoms with Crippen molar-refractivity contribution in [3.05, 3.63) is 24.3 Å². The summed E-state index contributed by atoms with van der Waals surface area (Å²) >= 11 is 0. The molecule has 0 aliphatic rings. The number of hydrogen-bond acceptors (Lipinski definition) is 2. The number of allylic oxidation sites excluding steroid dienone is 2. The van der Waals surface area contributed by atoms with Crippen LogP contribution in [0.2, 0.25) is 0 Å². The van der Waals surface area contributed by atoms with E-state index in [1.165, 1.54) is 0 Å². The highest BCUT2D eigenvalue weighted by molar-refractivity contribution is 5.75. The van der Waals surface area contributed by atoms with Crippen molar-refractivity contribution in [1.82, 2.24) is 0 Å². The Balaban J connectivity index is 4.23. The van der Waals surface area contributed by atoms with Crippen molar-refractivity contribution in [3.63, 3.8) is 0 Å². The van der Waals surface area contributed by atoms with Gasteiger partial charge in [-0.1, -0.05) is 24.3 Å². The van der Waals surface area contributed by atoms with Crippen molar-refractivity contribution in [2.24, 2.45) is 5.92 Å². The highest BCUT2D eigenvalue weighted by atomic mass is 16.5. The van der Waals surface area contributed by atoms with E-state index in [1.807, 2.05) is 32.9 Å². The molecule has 2 nitrogen and oxygen atoms in total. The summed E-state index contributed by atoms with van der Waals surface area (Å²) in [6.45, 7) is 9.80. The predicted molar refractivity (Wildman–Crippen MR) is 54.4 cm³/mol. The lowest BCUT2D eigenvalue weighted by Crippen LogP contribution is -2.17. The van der Waals surface area contributed by atoms with Crippen LogP contribution < -0.4 is 0 Å². The maximum Gasteiger partial charge on any atom is 0.313 e. The molecule has 0 fully saturated rings. The third kappa shape index (κ3) is 4.51. The summed E-state index contributed by atoms with van der Waals surface area (Å²) in [7, 11) is 0. The van der Waals surface area contributed by atoms with Crippen molar-refractivity contribution in [2.45, 2.75) is 27.2 Å². The average molecular weight is 182 g/mol. The molecule has 74 valence electrons. The average Bonchev–Trinajstić information content (AvgIpc) is 2.05. The second kappa shape index (κ2) is 6.46. The van der Waals surface area contributed by atoms with Gasteiger partial charge in [0.05, 0.1) is 12.5 Å². The van der Waals surface area contributed by atoms with E-state index >= 15 is 0 Å². The molecule has 0 aromatic carbocycles. The van der Waals surface area contributed by atoms with E-state index in [1.54, 1.807) is 0 Å². The van der Waals surface area contributed by atoms with Crippen molar-refractivity contribution >= 4 is 5.97 Å². The number of esters is 1. The molecule has 0 aromatic rings. The second-order valence-electron chi connectivity index (χ2n) is 2.96. The van der Waals surface area contributed by atoms with E-state index in [0.29, 0.717) is 13.0 Å². The van der Waals surface area contributed by atoms with E-state index in [-0.39, 0.29) is 11.9 Å². The van der Waals surface area contributed by atoms with E-state index in [2.05, 4.69) is 6.58 Å². The van der Waals surface area contributed by atoms with Gasteiger partial charge in [0.25, 0.3) is 0 Å². The maximum atomic E-state index is 11.4. The minimum atomic E-state index is -0.184. The van der Waals surface area contributed by atoms with Crippen LogP contribution in [0.15, 0.2) is 24.3 Å². The molecule has 0 heterocycles.